The number of halogens is 2. The summed E-state index contributed by atoms with van der Waals surface area (Å²) >= 11 is 11.4. The molecule has 88 valence electrons. The predicted octanol–water partition coefficient (Wildman–Crippen LogP) is 2.46. The molecule has 1 aromatic rings. The quantitative estimate of drug-likeness (QED) is 0.828. The van der Waals surface area contributed by atoms with E-state index < -0.39 is 11.3 Å². The van der Waals surface area contributed by atoms with Gasteiger partial charge in [-0.3, -0.25) is 4.79 Å². The third-order valence-electron chi connectivity index (χ3n) is 2.11. The fourth-order valence-electron chi connectivity index (χ4n) is 1.32. The van der Waals surface area contributed by atoms with Gasteiger partial charge in [0.1, 0.15) is 5.38 Å². The number of hydrogen-bond donors (Lipinski definition) is 1. The Morgan fingerprint density at radius 1 is 1.44 bits per heavy atom. The van der Waals surface area contributed by atoms with Gasteiger partial charge in [0, 0.05) is 18.1 Å². The molecule has 16 heavy (non-hydrogen) atoms. The summed E-state index contributed by atoms with van der Waals surface area (Å²) in [5, 5.41) is 8.47. The topological polar surface area (TPSA) is 40.5 Å². The average molecular weight is 262 g/mol. The molecule has 0 saturated heterocycles. The van der Waals surface area contributed by atoms with Gasteiger partial charge in [-0.1, -0.05) is 23.7 Å². The van der Waals surface area contributed by atoms with Gasteiger partial charge < -0.3 is 10.0 Å². The summed E-state index contributed by atoms with van der Waals surface area (Å²) in [5.41, 5.74) is 1.07. The third-order valence-corrected chi connectivity index (χ3v) is 2.68. The van der Waals surface area contributed by atoms with Crippen LogP contribution in [0.15, 0.2) is 24.3 Å². The highest BCUT2D eigenvalue weighted by atomic mass is 35.5. The summed E-state index contributed by atoms with van der Waals surface area (Å²) in [7, 11) is 1.83. The van der Waals surface area contributed by atoms with E-state index in [0.717, 1.165) is 5.56 Å². The Morgan fingerprint density at radius 2 is 2.00 bits per heavy atom. The van der Waals surface area contributed by atoms with Gasteiger partial charge in [-0.2, -0.15) is 0 Å². The zero-order valence-electron chi connectivity index (χ0n) is 8.86. The van der Waals surface area contributed by atoms with E-state index >= 15 is 0 Å². The van der Waals surface area contributed by atoms with E-state index in [0.29, 0.717) is 18.1 Å². The summed E-state index contributed by atoms with van der Waals surface area (Å²) in [5.74, 6) is -0.996. The van der Waals surface area contributed by atoms with Crippen LogP contribution in [0.3, 0.4) is 0 Å². The maximum atomic E-state index is 10.6. The first-order valence-electron chi connectivity index (χ1n) is 4.79. The summed E-state index contributed by atoms with van der Waals surface area (Å²) in [6, 6.07) is 7.42. The Hall–Kier alpha value is -0.770. The lowest BCUT2D eigenvalue weighted by Crippen LogP contribution is -2.30. The van der Waals surface area contributed by atoms with E-state index in [1.165, 1.54) is 0 Å². The lowest BCUT2D eigenvalue weighted by molar-refractivity contribution is -0.136. The molecule has 0 bridgehead atoms. The molecule has 1 aromatic carbocycles. The molecule has 0 spiro atoms. The molecule has 0 aliphatic heterocycles. The molecule has 0 amide bonds. The molecule has 0 radical (unpaired) electrons. The van der Waals surface area contributed by atoms with Crippen molar-refractivity contribution >= 4 is 29.2 Å². The first-order chi connectivity index (χ1) is 7.49. The number of nitrogens with zero attached hydrogens (tertiary/aromatic N) is 1. The normalized spacial score (nSPS) is 12.8. The second-order valence-electron chi connectivity index (χ2n) is 3.63. The molecule has 1 atom stereocenters. The van der Waals surface area contributed by atoms with Crippen molar-refractivity contribution in [2.24, 2.45) is 0 Å². The first-order valence-corrected chi connectivity index (χ1v) is 5.60. The lowest BCUT2D eigenvalue weighted by Gasteiger charge is -2.17. The van der Waals surface area contributed by atoms with Crippen LogP contribution in [-0.2, 0) is 11.3 Å². The van der Waals surface area contributed by atoms with Crippen LogP contribution in [0.2, 0.25) is 5.02 Å². The number of carboxylic acid groups (broad SMARTS) is 1. The molecule has 0 aliphatic rings. The van der Waals surface area contributed by atoms with Crippen LogP contribution in [-0.4, -0.2) is 34.9 Å². The van der Waals surface area contributed by atoms with E-state index in [2.05, 4.69) is 0 Å². The number of hydrogen-bond acceptors (Lipinski definition) is 2. The third kappa shape index (κ3) is 4.39. The second-order valence-corrected chi connectivity index (χ2v) is 4.59. The van der Waals surface area contributed by atoms with Crippen molar-refractivity contribution in [2.45, 2.75) is 11.9 Å². The SMILES string of the molecule is CN(Cc1ccc(Cl)cc1)CC(Cl)C(=O)O. The number of benzene rings is 1. The average Bonchev–Trinajstić information content (AvgIpc) is 2.21. The lowest BCUT2D eigenvalue weighted by atomic mass is 10.2. The molecule has 1 rings (SSSR count). The molecule has 0 heterocycles. The highest BCUT2D eigenvalue weighted by Gasteiger charge is 2.15. The van der Waals surface area contributed by atoms with E-state index in [1.54, 1.807) is 12.1 Å². The van der Waals surface area contributed by atoms with Crippen LogP contribution in [0, 0.1) is 0 Å². The minimum atomic E-state index is -0.996. The number of alkyl halides is 1. The van der Waals surface area contributed by atoms with E-state index in [4.69, 9.17) is 28.3 Å². The second kappa shape index (κ2) is 6.09. The summed E-state index contributed by atoms with van der Waals surface area (Å²) in [6.07, 6.45) is 0. The summed E-state index contributed by atoms with van der Waals surface area (Å²) in [6.45, 7) is 0.952. The van der Waals surface area contributed by atoms with Crippen molar-refractivity contribution in [1.29, 1.82) is 0 Å². The fourth-order valence-corrected chi connectivity index (χ4v) is 1.68. The van der Waals surface area contributed by atoms with Gasteiger partial charge in [0.15, 0.2) is 0 Å². The molecule has 5 heteroatoms. The van der Waals surface area contributed by atoms with Crippen molar-refractivity contribution in [1.82, 2.24) is 4.90 Å². The van der Waals surface area contributed by atoms with Crippen LogP contribution in [0.5, 0.6) is 0 Å². The predicted molar refractivity (Wildman–Crippen MR) is 65.1 cm³/mol. The van der Waals surface area contributed by atoms with E-state index in [1.807, 2.05) is 24.1 Å². The fraction of sp³-hybridized carbons (Fsp3) is 0.364. The van der Waals surface area contributed by atoms with Crippen molar-refractivity contribution in [3.05, 3.63) is 34.9 Å². The van der Waals surface area contributed by atoms with E-state index in [-0.39, 0.29) is 0 Å². The van der Waals surface area contributed by atoms with Crippen molar-refractivity contribution in [2.75, 3.05) is 13.6 Å². The molecular formula is C11H13Cl2NO2. The Morgan fingerprint density at radius 3 is 2.50 bits per heavy atom. The zero-order valence-corrected chi connectivity index (χ0v) is 10.4. The Balaban J connectivity index is 2.48. The first kappa shape index (κ1) is 13.3. The molecule has 0 saturated carbocycles. The standard InChI is InChI=1S/C11H13Cl2NO2/c1-14(7-10(13)11(15)16)6-8-2-4-9(12)5-3-8/h2-5,10H,6-7H2,1H3,(H,15,16). The van der Waals surface area contributed by atoms with Crippen LogP contribution in [0.4, 0.5) is 0 Å². The van der Waals surface area contributed by atoms with Crippen molar-refractivity contribution in [3.8, 4) is 0 Å². The monoisotopic (exact) mass is 261 g/mol. The smallest absolute Gasteiger partial charge is 0.322 e. The number of rotatable bonds is 5. The van der Waals surface area contributed by atoms with Crippen LogP contribution < -0.4 is 0 Å². The molecule has 1 N–H and O–H groups in total. The molecule has 1 unspecified atom stereocenters. The zero-order chi connectivity index (χ0) is 12.1. The van der Waals surface area contributed by atoms with Crippen LogP contribution >= 0.6 is 23.2 Å². The van der Waals surface area contributed by atoms with Crippen molar-refractivity contribution < 1.29 is 9.90 Å². The highest BCUT2D eigenvalue weighted by Crippen LogP contribution is 2.11. The maximum absolute atomic E-state index is 10.6. The van der Waals surface area contributed by atoms with Gasteiger partial charge in [0.25, 0.3) is 0 Å². The Bertz CT molecular complexity index is 354. The van der Waals surface area contributed by atoms with E-state index in [9.17, 15) is 4.79 Å². The van der Waals surface area contributed by atoms with Gasteiger partial charge in [-0.15, -0.1) is 11.6 Å². The number of carbonyl (C=O) groups is 1. The summed E-state index contributed by atoms with van der Waals surface area (Å²) < 4.78 is 0. The molecule has 0 fully saturated rings. The molecule has 0 aromatic heterocycles. The molecular weight excluding hydrogens is 249 g/mol. The van der Waals surface area contributed by atoms with Crippen LogP contribution in [0.25, 0.3) is 0 Å². The number of aliphatic carboxylic acids is 1. The molecule has 3 nitrogen and oxygen atoms in total. The maximum Gasteiger partial charge on any atom is 0.322 e. The van der Waals surface area contributed by atoms with Gasteiger partial charge in [0.2, 0.25) is 0 Å². The van der Waals surface area contributed by atoms with Crippen molar-refractivity contribution in [3.63, 3.8) is 0 Å². The van der Waals surface area contributed by atoms with Crippen LogP contribution in [0.1, 0.15) is 5.56 Å². The minimum Gasteiger partial charge on any atom is -0.480 e. The number of carboxylic acids is 1. The van der Waals surface area contributed by atoms with Gasteiger partial charge in [-0.05, 0) is 24.7 Å². The van der Waals surface area contributed by atoms with Gasteiger partial charge in [-0.25, -0.2) is 0 Å². The summed E-state index contributed by atoms with van der Waals surface area (Å²) in [4.78, 5) is 12.4. The molecule has 0 aliphatic carbocycles. The van der Waals surface area contributed by atoms with Gasteiger partial charge >= 0.3 is 5.97 Å². The Labute approximate surface area is 105 Å². The Kier molecular flexibility index (Phi) is 5.06. The van der Waals surface area contributed by atoms with Gasteiger partial charge in [0.05, 0.1) is 0 Å². The minimum absolute atomic E-state index is 0.305. The largest absolute Gasteiger partial charge is 0.480 e. The highest BCUT2D eigenvalue weighted by molar-refractivity contribution is 6.30.